The SMILES string of the molecule is CCc1c(C(=O)NCC2CC2)cnn1Cc1ccccc1. The van der Waals surface area contributed by atoms with E-state index in [-0.39, 0.29) is 5.91 Å². The molecule has 1 aliphatic carbocycles. The third-order valence-corrected chi connectivity index (χ3v) is 3.95. The van der Waals surface area contributed by atoms with Gasteiger partial charge in [-0.1, -0.05) is 37.3 Å². The Balaban J connectivity index is 1.74. The van der Waals surface area contributed by atoms with E-state index in [4.69, 9.17) is 0 Å². The second-order valence-electron chi connectivity index (χ2n) is 5.66. The normalized spacial score (nSPS) is 14.1. The Morgan fingerprint density at radius 1 is 1.33 bits per heavy atom. The van der Waals surface area contributed by atoms with Gasteiger partial charge in [0.2, 0.25) is 0 Å². The molecule has 0 radical (unpaired) electrons. The number of nitrogens with zero attached hydrogens (tertiary/aromatic N) is 2. The van der Waals surface area contributed by atoms with Gasteiger partial charge in [0.1, 0.15) is 0 Å². The van der Waals surface area contributed by atoms with E-state index in [0.29, 0.717) is 18.0 Å². The predicted octanol–water partition coefficient (Wildman–Crippen LogP) is 2.63. The lowest BCUT2D eigenvalue weighted by Gasteiger charge is -2.08. The zero-order valence-corrected chi connectivity index (χ0v) is 12.4. The molecule has 1 aliphatic rings. The number of carbonyl (C=O) groups is 1. The molecule has 2 aromatic rings. The van der Waals surface area contributed by atoms with Crippen molar-refractivity contribution in [3.05, 3.63) is 53.3 Å². The Labute approximate surface area is 125 Å². The summed E-state index contributed by atoms with van der Waals surface area (Å²) >= 11 is 0. The third-order valence-electron chi connectivity index (χ3n) is 3.95. The molecule has 4 heteroatoms. The third kappa shape index (κ3) is 3.32. The summed E-state index contributed by atoms with van der Waals surface area (Å²) in [4.78, 5) is 12.3. The van der Waals surface area contributed by atoms with Gasteiger partial charge in [0, 0.05) is 6.54 Å². The molecule has 1 saturated carbocycles. The average molecular weight is 283 g/mol. The standard InChI is InChI=1S/C17H21N3O/c1-2-16-15(17(21)18-10-13-8-9-13)11-19-20(16)12-14-6-4-3-5-7-14/h3-7,11,13H,2,8-10,12H2,1H3,(H,18,21). The maximum absolute atomic E-state index is 12.3. The van der Waals surface area contributed by atoms with Crippen LogP contribution in [0, 0.1) is 5.92 Å². The summed E-state index contributed by atoms with van der Waals surface area (Å²) in [5.74, 6) is 0.705. The Morgan fingerprint density at radius 2 is 2.10 bits per heavy atom. The van der Waals surface area contributed by atoms with Gasteiger partial charge < -0.3 is 5.32 Å². The lowest BCUT2D eigenvalue weighted by molar-refractivity contribution is 0.0950. The first-order chi connectivity index (χ1) is 10.3. The number of amides is 1. The molecule has 3 rings (SSSR count). The molecule has 0 spiro atoms. The van der Waals surface area contributed by atoms with E-state index in [1.165, 1.54) is 18.4 Å². The van der Waals surface area contributed by atoms with Crippen molar-refractivity contribution in [2.45, 2.75) is 32.7 Å². The van der Waals surface area contributed by atoms with Crippen molar-refractivity contribution in [1.29, 1.82) is 0 Å². The fourth-order valence-electron chi connectivity index (χ4n) is 2.52. The van der Waals surface area contributed by atoms with Gasteiger partial charge in [0.15, 0.2) is 0 Å². The lowest BCUT2D eigenvalue weighted by Crippen LogP contribution is -2.26. The van der Waals surface area contributed by atoms with Crippen LogP contribution in [0.25, 0.3) is 0 Å². The van der Waals surface area contributed by atoms with Crippen molar-refractivity contribution in [2.24, 2.45) is 5.92 Å². The molecule has 1 amide bonds. The molecular weight excluding hydrogens is 262 g/mol. The van der Waals surface area contributed by atoms with E-state index < -0.39 is 0 Å². The smallest absolute Gasteiger partial charge is 0.254 e. The molecule has 21 heavy (non-hydrogen) atoms. The van der Waals surface area contributed by atoms with Crippen LogP contribution in [0.3, 0.4) is 0 Å². The van der Waals surface area contributed by atoms with Crippen LogP contribution in [0.4, 0.5) is 0 Å². The van der Waals surface area contributed by atoms with Crippen LogP contribution in [0.1, 0.15) is 41.4 Å². The van der Waals surface area contributed by atoms with Crippen LogP contribution in [0.2, 0.25) is 0 Å². The minimum absolute atomic E-state index is 0.0121. The van der Waals surface area contributed by atoms with Crippen LogP contribution in [0.5, 0.6) is 0 Å². The number of carbonyl (C=O) groups excluding carboxylic acids is 1. The fourth-order valence-corrected chi connectivity index (χ4v) is 2.52. The summed E-state index contributed by atoms with van der Waals surface area (Å²) in [5.41, 5.74) is 2.92. The number of hydrogen-bond donors (Lipinski definition) is 1. The molecule has 4 nitrogen and oxygen atoms in total. The number of benzene rings is 1. The van der Waals surface area contributed by atoms with Crippen LogP contribution in [-0.4, -0.2) is 22.2 Å². The molecule has 0 saturated heterocycles. The van der Waals surface area contributed by atoms with Gasteiger partial charge in [0.05, 0.1) is 24.0 Å². The summed E-state index contributed by atoms with van der Waals surface area (Å²) < 4.78 is 1.93. The van der Waals surface area contributed by atoms with Crippen molar-refractivity contribution in [2.75, 3.05) is 6.54 Å². The fraction of sp³-hybridized carbons (Fsp3) is 0.412. The second-order valence-corrected chi connectivity index (χ2v) is 5.66. The van der Waals surface area contributed by atoms with E-state index >= 15 is 0 Å². The Hall–Kier alpha value is -2.10. The van der Waals surface area contributed by atoms with Gasteiger partial charge in [0.25, 0.3) is 5.91 Å². The summed E-state index contributed by atoms with van der Waals surface area (Å²) in [5, 5.41) is 7.42. The predicted molar refractivity (Wildman–Crippen MR) is 82.2 cm³/mol. The highest BCUT2D eigenvalue weighted by molar-refractivity contribution is 5.95. The van der Waals surface area contributed by atoms with E-state index in [1.807, 2.05) is 22.9 Å². The molecular formula is C17H21N3O. The van der Waals surface area contributed by atoms with Crippen LogP contribution in [0.15, 0.2) is 36.5 Å². The first-order valence-corrected chi connectivity index (χ1v) is 7.64. The van der Waals surface area contributed by atoms with E-state index in [0.717, 1.165) is 18.7 Å². The quantitative estimate of drug-likeness (QED) is 0.886. The Kier molecular flexibility index (Phi) is 4.04. The van der Waals surface area contributed by atoms with Gasteiger partial charge in [-0.25, -0.2) is 0 Å². The molecule has 1 N–H and O–H groups in total. The van der Waals surface area contributed by atoms with Gasteiger partial charge in [-0.15, -0.1) is 0 Å². The molecule has 0 aliphatic heterocycles. The Morgan fingerprint density at radius 3 is 2.76 bits per heavy atom. The highest BCUT2D eigenvalue weighted by Gasteiger charge is 2.23. The van der Waals surface area contributed by atoms with Crippen LogP contribution < -0.4 is 5.32 Å². The first kappa shape index (κ1) is 13.9. The topological polar surface area (TPSA) is 46.9 Å². The monoisotopic (exact) mass is 283 g/mol. The molecule has 110 valence electrons. The summed E-state index contributed by atoms with van der Waals surface area (Å²) in [6.45, 7) is 3.57. The van der Waals surface area contributed by atoms with Crippen LogP contribution in [-0.2, 0) is 13.0 Å². The molecule has 0 atom stereocenters. The number of rotatable bonds is 6. The Bertz CT molecular complexity index is 614. The molecule has 1 aromatic heterocycles. The van der Waals surface area contributed by atoms with Crippen molar-refractivity contribution in [1.82, 2.24) is 15.1 Å². The molecule has 1 aromatic carbocycles. The van der Waals surface area contributed by atoms with E-state index in [9.17, 15) is 4.79 Å². The number of hydrogen-bond acceptors (Lipinski definition) is 2. The van der Waals surface area contributed by atoms with Crippen molar-refractivity contribution in [3.8, 4) is 0 Å². The summed E-state index contributed by atoms with van der Waals surface area (Å²) in [6.07, 6.45) is 4.99. The zero-order chi connectivity index (χ0) is 14.7. The van der Waals surface area contributed by atoms with Crippen molar-refractivity contribution < 1.29 is 4.79 Å². The largest absolute Gasteiger partial charge is 0.352 e. The number of aromatic nitrogens is 2. The summed E-state index contributed by atoms with van der Waals surface area (Å²) in [6, 6.07) is 10.2. The van der Waals surface area contributed by atoms with E-state index in [2.05, 4.69) is 29.5 Å². The lowest BCUT2D eigenvalue weighted by atomic mass is 10.1. The zero-order valence-electron chi connectivity index (χ0n) is 12.4. The maximum Gasteiger partial charge on any atom is 0.254 e. The van der Waals surface area contributed by atoms with E-state index in [1.54, 1.807) is 6.20 Å². The first-order valence-electron chi connectivity index (χ1n) is 7.64. The molecule has 0 unspecified atom stereocenters. The molecule has 1 heterocycles. The van der Waals surface area contributed by atoms with Gasteiger partial charge >= 0.3 is 0 Å². The second kappa shape index (κ2) is 6.12. The number of nitrogens with one attached hydrogen (secondary N) is 1. The minimum atomic E-state index is 0.0121. The van der Waals surface area contributed by atoms with Gasteiger partial charge in [-0.3, -0.25) is 9.48 Å². The average Bonchev–Trinajstić information content (AvgIpc) is 3.26. The summed E-state index contributed by atoms with van der Waals surface area (Å²) in [7, 11) is 0. The van der Waals surface area contributed by atoms with Gasteiger partial charge in [-0.05, 0) is 30.7 Å². The van der Waals surface area contributed by atoms with Crippen molar-refractivity contribution >= 4 is 5.91 Å². The highest BCUT2D eigenvalue weighted by Crippen LogP contribution is 2.27. The van der Waals surface area contributed by atoms with Crippen LogP contribution >= 0.6 is 0 Å². The minimum Gasteiger partial charge on any atom is -0.352 e. The van der Waals surface area contributed by atoms with Crippen molar-refractivity contribution in [3.63, 3.8) is 0 Å². The van der Waals surface area contributed by atoms with Gasteiger partial charge in [-0.2, -0.15) is 5.10 Å². The maximum atomic E-state index is 12.3. The molecule has 1 fully saturated rings. The molecule has 0 bridgehead atoms. The highest BCUT2D eigenvalue weighted by atomic mass is 16.1.